The molecule has 9 nitrogen and oxygen atoms in total. The molecular weight excluding hydrogens is 535 g/mol. The molecule has 0 spiro atoms. The number of carbonyl (C=O) groups is 1. The normalized spacial score (nSPS) is 18.2. The second kappa shape index (κ2) is 11.8. The van der Waals surface area contributed by atoms with E-state index in [4.69, 9.17) is 4.74 Å². The molecule has 3 aromatic rings. The van der Waals surface area contributed by atoms with Crippen LogP contribution in [0.25, 0.3) is 0 Å². The molecule has 11 heteroatoms. The van der Waals surface area contributed by atoms with E-state index in [0.29, 0.717) is 29.8 Å². The number of halogens is 1. The van der Waals surface area contributed by atoms with E-state index in [1.54, 1.807) is 30.8 Å². The van der Waals surface area contributed by atoms with Gasteiger partial charge in [0.05, 0.1) is 29.2 Å². The first kappa shape index (κ1) is 29.8. The lowest BCUT2D eigenvalue weighted by Gasteiger charge is -2.31. The van der Waals surface area contributed by atoms with Crippen molar-refractivity contribution in [3.05, 3.63) is 76.4 Å². The number of aryl methyl sites for hydroxylation is 2. The van der Waals surface area contributed by atoms with Gasteiger partial charge in [0.1, 0.15) is 11.5 Å². The quantitative estimate of drug-likeness (QED) is 0.368. The smallest absolute Gasteiger partial charge is 0.312 e. The van der Waals surface area contributed by atoms with Crippen molar-refractivity contribution >= 4 is 16.0 Å². The minimum absolute atomic E-state index is 0.00463. The van der Waals surface area contributed by atoms with E-state index in [0.717, 1.165) is 23.6 Å². The molecule has 4 rings (SSSR count). The Labute approximate surface area is 235 Å². The van der Waals surface area contributed by atoms with Crippen molar-refractivity contribution in [3.63, 3.8) is 0 Å². The Kier molecular flexibility index (Phi) is 8.77. The van der Waals surface area contributed by atoms with Crippen LogP contribution in [0, 0.1) is 24.1 Å². The standard InChI is InChI=1S/C29H37FN4O5S/c1-6-11-33-17-25(31-32-33)18-39-27(29(4,5)28(35)36)22-8-7-20(3)23(13-22)16-34-15-19(2)12-21-9-10-24(30)14-26(21)40(34,37)38/h7-10,13-14,17,19,27H,6,11-12,15-16,18H2,1-5H3,(H,35,36)/t19-,27+/m0/s1. The minimum atomic E-state index is -3.96. The summed E-state index contributed by atoms with van der Waals surface area (Å²) >= 11 is 0. The van der Waals surface area contributed by atoms with E-state index in [2.05, 4.69) is 10.3 Å². The van der Waals surface area contributed by atoms with Crippen LogP contribution in [-0.2, 0) is 45.7 Å². The maximum Gasteiger partial charge on any atom is 0.312 e. The van der Waals surface area contributed by atoms with Crippen LogP contribution in [-0.4, -0.2) is 45.3 Å². The van der Waals surface area contributed by atoms with Crippen LogP contribution in [0.2, 0.25) is 0 Å². The first-order chi connectivity index (χ1) is 18.8. The molecule has 1 aliphatic heterocycles. The lowest BCUT2D eigenvalue weighted by Crippen LogP contribution is -2.34. The molecule has 0 fully saturated rings. The Balaban J connectivity index is 1.67. The van der Waals surface area contributed by atoms with Gasteiger partial charge in [0.2, 0.25) is 10.0 Å². The van der Waals surface area contributed by atoms with Gasteiger partial charge in [-0.2, -0.15) is 4.31 Å². The number of hydrogen-bond donors (Lipinski definition) is 1. The van der Waals surface area contributed by atoms with Crippen molar-refractivity contribution in [2.75, 3.05) is 6.54 Å². The van der Waals surface area contributed by atoms with Gasteiger partial charge in [0.15, 0.2) is 0 Å². The fourth-order valence-corrected chi connectivity index (χ4v) is 6.85. The van der Waals surface area contributed by atoms with Crippen molar-refractivity contribution in [1.82, 2.24) is 19.3 Å². The molecule has 1 aliphatic rings. The van der Waals surface area contributed by atoms with Gasteiger partial charge in [-0.15, -0.1) is 5.10 Å². The number of carboxylic acid groups (broad SMARTS) is 1. The molecule has 2 atom stereocenters. The highest BCUT2D eigenvalue weighted by atomic mass is 32.2. The van der Waals surface area contributed by atoms with E-state index in [9.17, 15) is 22.7 Å². The molecule has 0 saturated carbocycles. The van der Waals surface area contributed by atoms with E-state index in [-0.39, 0.29) is 30.5 Å². The number of hydrogen-bond acceptors (Lipinski definition) is 6. The zero-order chi connectivity index (χ0) is 29.2. The Bertz CT molecular complexity index is 1490. The predicted octanol–water partition coefficient (Wildman–Crippen LogP) is 4.89. The second-order valence-electron chi connectivity index (χ2n) is 11.2. The first-order valence-electron chi connectivity index (χ1n) is 13.4. The molecule has 0 radical (unpaired) electrons. The Morgan fingerprint density at radius 3 is 2.70 bits per heavy atom. The van der Waals surface area contributed by atoms with Crippen molar-refractivity contribution in [2.45, 2.75) is 78.2 Å². The molecule has 0 unspecified atom stereocenters. The van der Waals surface area contributed by atoms with Gasteiger partial charge in [0, 0.05) is 19.6 Å². The molecule has 2 aromatic carbocycles. The van der Waals surface area contributed by atoms with Gasteiger partial charge in [-0.05, 0) is 73.9 Å². The SMILES string of the molecule is CCCn1cc(CO[C@H](c2ccc(C)c(CN3C[C@@H](C)Cc4ccc(F)cc4S3(=O)=O)c2)C(C)(C)C(=O)O)nn1. The highest BCUT2D eigenvalue weighted by Crippen LogP contribution is 2.39. The largest absolute Gasteiger partial charge is 0.481 e. The molecule has 0 saturated heterocycles. The average Bonchev–Trinajstić information content (AvgIpc) is 3.30. The van der Waals surface area contributed by atoms with E-state index >= 15 is 0 Å². The van der Waals surface area contributed by atoms with E-state index in [1.165, 1.54) is 10.4 Å². The molecule has 2 heterocycles. The molecule has 40 heavy (non-hydrogen) atoms. The molecule has 216 valence electrons. The van der Waals surface area contributed by atoms with Crippen LogP contribution in [0.4, 0.5) is 4.39 Å². The van der Waals surface area contributed by atoms with Crippen molar-refractivity contribution in [2.24, 2.45) is 11.3 Å². The third kappa shape index (κ3) is 6.26. The van der Waals surface area contributed by atoms with Gasteiger partial charge < -0.3 is 9.84 Å². The highest BCUT2D eigenvalue weighted by molar-refractivity contribution is 7.89. The lowest BCUT2D eigenvalue weighted by molar-refractivity contribution is -0.158. The average molecular weight is 573 g/mol. The summed E-state index contributed by atoms with van der Waals surface area (Å²) in [5.74, 6) is -1.61. The number of nitrogens with zero attached hydrogens (tertiary/aromatic N) is 4. The summed E-state index contributed by atoms with van der Waals surface area (Å²) in [5.41, 5.74) is 2.07. The lowest BCUT2D eigenvalue weighted by atomic mass is 9.81. The van der Waals surface area contributed by atoms with Crippen LogP contribution >= 0.6 is 0 Å². The summed E-state index contributed by atoms with van der Waals surface area (Å²) in [6.45, 7) is 10.2. The third-order valence-electron chi connectivity index (χ3n) is 7.40. The first-order valence-corrected chi connectivity index (χ1v) is 14.9. The van der Waals surface area contributed by atoms with Gasteiger partial charge >= 0.3 is 5.97 Å². The zero-order valence-corrected chi connectivity index (χ0v) is 24.4. The molecule has 1 N–H and O–H groups in total. The maximum absolute atomic E-state index is 14.1. The Morgan fingerprint density at radius 1 is 1.25 bits per heavy atom. The zero-order valence-electron chi connectivity index (χ0n) is 23.6. The van der Waals surface area contributed by atoms with Crippen LogP contribution in [0.5, 0.6) is 0 Å². The van der Waals surface area contributed by atoms with Crippen molar-refractivity contribution in [3.8, 4) is 0 Å². The number of benzene rings is 2. The van der Waals surface area contributed by atoms with Gasteiger partial charge in [-0.3, -0.25) is 9.48 Å². The summed E-state index contributed by atoms with van der Waals surface area (Å²) in [5, 5.41) is 18.3. The van der Waals surface area contributed by atoms with Crippen molar-refractivity contribution in [1.29, 1.82) is 0 Å². The summed E-state index contributed by atoms with van der Waals surface area (Å²) in [4.78, 5) is 12.3. The number of aromatic nitrogens is 3. The maximum atomic E-state index is 14.1. The van der Waals surface area contributed by atoms with Crippen LogP contribution < -0.4 is 0 Å². The molecule has 0 bridgehead atoms. The van der Waals surface area contributed by atoms with Crippen molar-refractivity contribution < 1.29 is 27.4 Å². The number of fused-ring (bicyclic) bond motifs is 1. The Hall–Kier alpha value is -3.15. The molecule has 1 aromatic heterocycles. The fourth-order valence-electron chi connectivity index (χ4n) is 5.07. The summed E-state index contributed by atoms with van der Waals surface area (Å²) in [7, 11) is -3.96. The fraction of sp³-hybridized carbons (Fsp3) is 0.483. The highest BCUT2D eigenvalue weighted by Gasteiger charge is 2.40. The summed E-state index contributed by atoms with van der Waals surface area (Å²) in [6, 6.07) is 9.40. The number of rotatable bonds is 10. The van der Waals surface area contributed by atoms with Crippen LogP contribution in [0.3, 0.4) is 0 Å². The Morgan fingerprint density at radius 2 is 2.00 bits per heavy atom. The second-order valence-corrected chi connectivity index (χ2v) is 13.1. The van der Waals surface area contributed by atoms with E-state index < -0.39 is 33.3 Å². The number of ether oxygens (including phenoxy) is 1. The predicted molar refractivity (Wildman–Crippen MR) is 147 cm³/mol. The molecule has 0 aliphatic carbocycles. The van der Waals surface area contributed by atoms with Crippen LogP contribution in [0.15, 0.2) is 47.5 Å². The monoisotopic (exact) mass is 572 g/mol. The summed E-state index contributed by atoms with van der Waals surface area (Å²) < 4.78 is 50.7. The van der Waals surface area contributed by atoms with Gasteiger partial charge in [-0.1, -0.05) is 43.3 Å². The summed E-state index contributed by atoms with van der Waals surface area (Å²) in [6.07, 6.45) is 2.35. The van der Waals surface area contributed by atoms with Gasteiger partial charge in [0.25, 0.3) is 0 Å². The van der Waals surface area contributed by atoms with Crippen LogP contribution in [0.1, 0.15) is 68.2 Å². The number of carboxylic acids is 1. The van der Waals surface area contributed by atoms with E-state index in [1.807, 2.05) is 39.0 Å². The minimum Gasteiger partial charge on any atom is -0.481 e. The number of sulfonamides is 1. The molecule has 0 amide bonds. The number of aliphatic carboxylic acids is 1. The molecular formula is C29H37FN4O5S. The topological polar surface area (TPSA) is 115 Å². The van der Waals surface area contributed by atoms with Gasteiger partial charge in [-0.25, -0.2) is 12.8 Å². The third-order valence-corrected chi connectivity index (χ3v) is 9.29.